The summed E-state index contributed by atoms with van der Waals surface area (Å²) in [4.78, 5) is 11.1. The number of thiophene rings is 1. The molecular weight excluding hydrogens is 262 g/mol. The lowest BCUT2D eigenvalue weighted by Crippen LogP contribution is -1.76. The second-order valence-corrected chi connectivity index (χ2v) is 6.13. The van der Waals surface area contributed by atoms with Crippen molar-refractivity contribution in [2.75, 3.05) is 0 Å². The zero-order chi connectivity index (χ0) is 12.1. The summed E-state index contributed by atoms with van der Waals surface area (Å²) in [6, 6.07) is 4.21. The molecule has 4 rings (SSSR count). The molecule has 0 N–H and O–H groups in total. The minimum Gasteiger partial charge on any atom is -0.289 e. The van der Waals surface area contributed by atoms with E-state index >= 15 is 0 Å². The van der Waals surface area contributed by atoms with Gasteiger partial charge >= 0.3 is 0 Å². The zero-order valence-electron chi connectivity index (χ0n) is 9.62. The minimum atomic E-state index is 1.03. The van der Waals surface area contributed by atoms with Crippen molar-refractivity contribution in [3.05, 3.63) is 41.7 Å². The summed E-state index contributed by atoms with van der Waals surface area (Å²) >= 11 is 3.42. The number of hydrogen-bond acceptors (Lipinski definition) is 4. The van der Waals surface area contributed by atoms with Gasteiger partial charge < -0.3 is 0 Å². The van der Waals surface area contributed by atoms with Crippen LogP contribution in [0.15, 0.2) is 36.1 Å². The standard InChI is InChI=1S/C13H9N3S2/c1-8-4-11(17-7-8)9-6-16-10-2-3-14-5-12(10)18-13(16)15-9/h2-7H,1H3. The predicted octanol–water partition coefficient (Wildman–Crippen LogP) is 3.98. The third kappa shape index (κ3) is 1.41. The first kappa shape index (κ1) is 10.2. The van der Waals surface area contributed by atoms with Gasteiger partial charge in [0.05, 0.1) is 15.1 Å². The summed E-state index contributed by atoms with van der Waals surface area (Å²) in [5.74, 6) is 0. The van der Waals surface area contributed by atoms with Crippen molar-refractivity contribution in [3.63, 3.8) is 0 Å². The summed E-state index contributed by atoms with van der Waals surface area (Å²) in [6.07, 6.45) is 5.83. The fourth-order valence-corrected chi connectivity index (χ4v) is 3.87. The van der Waals surface area contributed by atoms with Gasteiger partial charge in [-0.15, -0.1) is 11.3 Å². The first-order chi connectivity index (χ1) is 8.81. The highest BCUT2D eigenvalue weighted by atomic mass is 32.1. The van der Waals surface area contributed by atoms with Crippen LogP contribution in [-0.4, -0.2) is 14.4 Å². The van der Waals surface area contributed by atoms with E-state index in [9.17, 15) is 0 Å². The average molecular weight is 271 g/mol. The normalized spacial score (nSPS) is 11.6. The Kier molecular flexibility index (Phi) is 2.06. The molecule has 4 aromatic heterocycles. The monoisotopic (exact) mass is 271 g/mol. The predicted molar refractivity (Wildman–Crippen MR) is 76.4 cm³/mol. The molecule has 0 fully saturated rings. The molecule has 5 heteroatoms. The van der Waals surface area contributed by atoms with Crippen molar-refractivity contribution in [3.8, 4) is 10.6 Å². The van der Waals surface area contributed by atoms with Gasteiger partial charge in [-0.3, -0.25) is 9.38 Å². The van der Waals surface area contributed by atoms with Crippen molar-refractivity contribution in [2.24, 2.45) is 0 Å². The fraction of sp³-hybridized carbons (Fsp3) is 0.0769. The van der Waals surface area contributed by atoms with Crippen LogP contribution >= 0.6 is 22.7 Å². The molecule has 0 aliphatic rings. The summed E-state index contributed by atoms with van der Waals surface area (Å²) in [5, 5.41) is 2.16. The molecule has 18 heavy (non-hydrogen) atoms. The lowest BCUT2D eigenvalue weighted by Gasteiger charge is -1.89. The van der Waals surface area contributed by atoms with Gasteiger partial charge in [0.25, 0.3) is 0 Å². The van der Waals surface area contributed by atoms with Gasteiger partial charge in [-0.05, 0) is 30.0 Å². The number of pyridine rings is 1. The molecule has 0 atom stereocenters. The molecule has 0 amide bonds. The lowest BCUT2D eigenvalue weighted by atomic mass is 10.3. The molecule has 0 saturated carbocycles. The van der Waals surface area contributed by atoms with Gasteiger partial charge in [-0.1, -0.05) is 11.3 Å². The molecule has 0 aliphatic heterocycles. The topological polar surface area (TPSA) is 30.2 Å². The number of nitrogens with zero attached hydrogens (tertiary/aromatic N) is 3. The molecular formula is C13H9N3S2. The Labute approximate surface area is 111 Å². The average Bonchev–Trinajstić information content (AvgIpc) is 3.01. The molecule has 3 nitrogen and oxygen atoms in total. The number of aromatic nitrogens is 3. The maximum absolute atomic E-state index is 4.70. The summed E-state index contributed by atoms with van der Waals surface area (Å²) in [5.41, 5.74) is 3.52. The first-order valence-electron chi connectivity index (χ1n) is 5.58. The highest BCUT2D eigenvalue weighted by Crippen LogP contribution is 2.31. The second-order valence-electron chi connectivity index (χ2n) is 4.21. The van der Waals surface area contributed by atoms with Crippen molar-refractivity contribution < 1.29 is 0 Å². The molecule has 0 spiro atoms. The van der Waals surface area contributed by atoms with Crippen molar-refractivity contribution in [1.29, 1.82) is 0 Å². The van der Waals surface area contributed by atoms with Gasteiger partial charge in [-0.25, -0.2) is 4.98 Å². The van der Waals surface area contributed by atoms with E-state index in [0.29, 0.717) is 0 Å². The van der Waals surface area contributed by atoms with E-state index in [1.165, 1.54) is 20.7 Å². The Hall–Kier alpha value is -1.72. The van der Waals surface area contributed by atoms with Crippen molar-refractivity contribution >= 4 is 37.9 Å². The van der Waals surface area contributed by atoms with Crippen LogP contribution in [0, 0.1) is 6.92 Å². The van der Waals surface area contributed by atoms with E-state index in [4.69, 9.17) is 4.98 Å². The van der Waals surface area contributed by atoms with Gasteiger partial charge in [0.1, 0.15) is 5.69 Å². The van der Waals surface area contributed by atoms with E-state index in [2.05, 4.69) is 34.0 Å². The van der Waals surface area contributed by atoms with Crippen LogP contribution in [0.1, 0.15) is 5.56 Å². The molecule has 4 heterocycles. The van der Waals surface area contributed by atoms with Gasteiger partial charge in [0.15, 0.2) is 4.96 Å². The van der Waals surface area contributed by atoms with Crippen molar-refractivity contribution in [2.45, 2.75) is 6.92 Å². The number of aryl methyl sites for hydroxylation is 1. The molecule has 0 saturated heterocycles. The van der Waals surface area contributed by atoms with E-state index in [0.717, 1.165) is 10.7 Å². The number of hydrogen-bond donors (Lipinski definition) is 0. The maximum atomic E-state index is 4.70. The zero-order valence-corrected chi connectivity index (χ0v) is 11.3. The summed E-state index contributed by atoms with van der Waals surface area (Å²) in [7, 11) is 0. The Balaban J connectivity index is 1.99. The number of imidazole rings is 1. The minimum absolute atomic E-state index is 1.03. The van der Waals surface area contributed by atoms with Crippen LogP contribution in [-0.2, 0) is 0 Å². The van der Waals surface area contributed by atoms with E-state index in [1.807, 2.05) is 18.5 Å². The van der Waals surface area contributed by atoms with Crippen LogP contribution in [0.4, 0.5) is 0 Å². The van der Waals surface area contributed by atoms with Gasteiger partial charge in [-0.2, -0.15) is 0 Å². The van der Waals surface area contributed by atoms with Crippen LogP contribution in [0.25, 0.3) is 25.7 Å². The highest BCUT2D eigenvalue weighted by Gasteiger charge is 2.10. The van der Waals surface area contributed by atoms with Crippen LogP contribution < -0.4 is 0 Å². The van der Waals surface area contributed by atoms with Crippen LogP contribution in [0.2, 0.25) is 0 Å². The maximum Gasteiger partial charge on any atom is 0.195 e. The highest BCUT2D eigenvalue weighted by molar-refractivity contribution is 7.23. The quantitative estimate of drug-likeness (QED) is 0.524. The molecule has 4 aromatic rings. The molecule has 0 unspecified atom stereocenters. The molecule has 88 valence electrons. The van der Waals surface area contributed by atoms with E-state index in [-0.39, 0.29) is 0 Å². The van der Waals surface area contributed by atoms with Gasteiger partial charge in [0.2, 0.25) is 0 Å². The van der Waals surface area contributed by atoms with Gasteiger partial charge in [0, 0.05) is 18.6 Å². The third-order valence-corrected chi connectivity index (χ3v) is 4.96. The number of thiazole rings is 1. The smallest absolute Gasteiger partial charge is 0.195 e. The Morgan fingerprint density at radius 2 is 2.28 bits per heavy atom. The Morgan fingerprint density at radius 3 is 3.11 bits per heavy atom. The van der Waals surface area contributed by atoms with Crippen LogP contribution in [0.3, 0.4) is 0 Å². The Bertz CT molecular complexity index is 853. The largest absolute Gasteiger partial charge is 0.289 e. The van der Waals surface area contributed by atoms with Crippen LogP contribution in [0.5, 0.6) is 0 Å². The molecule has 0 bridgehead atoms. The summed E-state index contributed by atoms with van der Waals surface area (Å²) in [6.45, 7) is 2.11. The molecule has 0 aromatic carbocycles. The third-order valence-electron chi connectivity index (χ3n) is 2.88. The number of fused-ring (bicyclic) bond motifs is 3. The van der Waals surface area contributed by atoms with E-state index < -0.39 is 0 Å². The number of rotatable bonds is 1. The lowest BCUT2D eigenvalue weighted by molar-refractivity contribution is 1.28. The fourth-order valence-electron chi connectivity index (χ4n) is 2.04. The summed E-state index contributed by atoms with van der Waals surface area (Å²) < 4.78 is 3.32. The Morgan fingerprint density at radius 1 is 1.33 bits per heavy atom. The SMILES string of the molecule is Cc1csc(-c2cn3c(n2)sc2cnccc23)c1. The van der Waals surface area contributed by atoms with E-state index in [1.54, 1.807) is 22.7 Å². The second kappa shape index (κ2) is 3.63. The first-order valence-corrected chi connectivity index (χ1v) is 7.28. The van der Waals surface area contributed by atoms with Crippen molar-refractivity contribution in [1.82, 2.24) is 14.4 Å². The molecule has 0 aliphatic carbocycles. The molecule has 0 radical (unpaired) electrons.